The molecule has 0 nitrogen and oxygen atoms in total. The summed E-state index contributed by atoms with van der Waals surface area (Å²) in [5, 5.41) is 0. The minimum absolute atomic E-state index is 0.847. The van der Waals surface area contributed by atoms with E-state index in [0.29, 0.717) is 0 Å². The number of hydrogen-bond acceptors (Lipinski definition) is 0. The molecular formula is C8H10Br2. The van der Waals surface area contributed by atoms with Crippen LogP contribution in [-0.4, -0.2) is 0 Å². The van der Waals surface area contributed by atoms with Gasteiger partial charge >= 0.3 is 0 Å². The van der Waals surface area contributed by atoms with Crippen LogP contribution in [0.25, 0.3) is 0 Å². The summed E-state index contributed by atoms with van der Waals surface area (Å²) < 4.78 is 2.91. The predicted molar refractivity (Wildman–Crippen MR) is 50.3 cm³/mol. The number of hydrogen-bond donors (Lipinski definition) is 0. The Morgan fingerprint density at radius 1 is 0.800 bits per heavy atom. The number of halogens is 2. The molecule has 0 N–H and O–H groups in total. The lowest BCUT2D eigenvalue weighted by atomic mass is 9.76. The maximum atomic E-state index is 3.64. The van der Waals surface area contributed by atoms with Crippen molar-refractivity contribution >= 4 is 31.9 Å². The second-order valence-corrected chi connectivity index (χ2v) is 4.95. The van der Waals surface area contributed by atoms with Crippen molar-refractivity contribution in [2.24, 2.45) is 11.8 Å². The Hall–Kier alpha value is 0.700. The highest BCUT2D eigenvalue weighted by Crippen LogP contribution is 2.49. The smallest absolute Gasteiger partial charge is 0.00856 e. The molecule has 0 amide bonds. The molecule has 0 heterocycles. The first-order chi connectivity index (χ1) is 4.79. The summed E-state index contributed by atoms with van der Waals surface area (Å²) in [6, 6.07) is 0. The van der Waals surface area contributed by atoms with Gasteiger partial charge in [0, 0.05) is 8.96 Å². The highest BCUT2D eigenvalue weighted by molar-refractivity contribution is 9.14. The van der Waals surface area contributed by atoms with Gasteiger partial charge in [0.2, 0.25) is 0 Å². The van der Waals surface area contributed by atoms with Gasteiger partial charge in [0.1, 0.15) is 0 Å². The predicted octanol–water partition coefficient (Wildman–Crippen LogP) is 3.81. The third-order valence-electron chi connectivity index (χ3n) is 2.67. The molecule has 0 aromatic rings. The molecule has 1 fully saturated rings. The van der Waals surface area contributed by atoms with E-state index in [1.54, 1.807) is 0 Å². The summed E-state index contributed by atoms with van der Waals surface area (Å²) >= 11 is 7.29. The molecule has 2 bridgehead atoms. The lowest BCUT2D eigenvalue weighted by Crippen LogP contribution is -2.22. The first-order valence-electron chi connectivity index (χ1n) is 3.84. The molecule has 3 aliphatic rings. The van der Waals surface area contributed by atoms with E-state index in [1.165, 1.54) is 34.6 Å². The van der Waals surface area contributed by atoms with Gasteiger partial charge in [0.05, 0.1) is 0 Å². The Morgan fingerprint density at radius 2 is 1.10 bits per heavy atom. The van der Waals surface area contributed by atoms with Gasteiger partial charge in [-0.15, -0.1) is 0 Å². The summed E-state index contributed by atoms with van der Waals surface area (Å²) in [6.07, 6.45) is 5.61. The monoisotopic (exact) mass is 264 g/mol. The molecule has 1 saturated carbocycles. The van der Waals surface area contributed by atoms with E-state index in [9.17, 15) is 0 Å². The fourth-order valence-corrected chi connectivity index (χ4v) is 3.55. The normalized spacial score (nSPS) is 39.0. The van der Waals surface area contributed by atoms with Crippen molar-refractivity contribution < 1.29 is 0 Å². The zero-order chi connectivity index (χ0) is 7.14. The SMILES string of the molecule is BrC1=C(Br)C2CCC1CC2. The van der Waals surface area contributed by atoms with Gasteiger partial charge in [0.25, 0.3) is 0 Å². The molecule has 10 heavy (non-hydrogen) atoms. The highest BCUT2D eigenvalue weighted by atomic mass is 79.9. The van der Waals surface area contributed by atoms with Crippen molar-refractivity contribution in [2.45, 2.75) is 25.7 Å². The minimum Gasteiger partial charge on any atom is -0.0545 e. The molecule has 56 valence electrons. The number of rotatable bonds is 0. The fourth-order valence-electron chi connectivity index (χ4n) is 1.99. The molecule has 0 spiro atoms. The van der Waals surface area contributed by atoms with Crippen LogP contribution in [0.1, 0.15) is 25.7 Å². The Labute approximate surface area is 78.3 Å². The maximum absolute atomic E-state index is 3.64. The summed E-state index contributed by atoms with van der Waals surface area (Å²) in [5.41, 5.74) is 0. The van der Waals surface area contributed by atoms with Crippen LogP contribution >= 0.6 is 31.9 Å². The zero-order valence-electron chi connectivity index (χ0n) is 5.74. The molecule has 0 saturated heterocycles. The third kappa shape index (κ3) is 1.00. The van der Waals surface area contributed by atoms with Gasteiger partial charge in [-0.25, -0.2) is 0 Å². The summed E-state index contributed by atoms with van der Waals surface area (Å²) in [5.74, 6) is 1.69. The average molecular weight is 266 g/mol. The maximum Gasteiger partial charge on any atom is 0.00856 e. The Balaban J connectivity index is 2.35. The largest absolute Gasteiger partial charge is 0.0545 e. The van der Waals surface area contributed by atoms with E-state index in [1.807, 2.05) is 0 Å². The summed E-state index contributed by atoms with van der Waals surface area (Å²) in [7, 11) is 0. The van der Waals surface area contributed by atoms with Gasteiger partial charge in [-0.1, -0.05) is 31.9 Å². The van der Waals surface area contributed by atoms with E-state index in [4.69, 9.17) is 0 Å². The van der Waals surface area contributed by atoms with Gasteiger partial charge in [-0.2, -0.15) is 0 Å². The molecule has 0 aromatic carbocycles. The van der Waals surface area contributed by atoms with Crippen LogP contribution in [0, 0.1) is 11.8 Å². The minimum atomic E-state index is 0.847. The third-order valence-corrected chi connectivity index (χ3v) is 5.35. The van der Waals surface area contributed by atoms with Crippen LogP contribution in [0.15, 0.2) is 8.96 Å². The molecular weight excluding hydrogens is 256 g/mol. The van der Waals surface area contributed by atoms with Crippen molar-refractivity contribution in [2.75, 3.05) is 0 Å². The molecule has 0 aromatic heterocycles. The van der Waals surface area contributed by atoms with Crippen molar-refractivity contribution in [1.29, 1.82) is 0 Å². The number of fused-ring (bicyclic) bond motifs is 2. The second-order valence-electron chi connectivity index (χ2n) is 3.24. The van der Waals surface area contributed by atoms with Crippen molar-refractivity contribution in [1.82, 2.24) is 0 Å². The second kappa shape index (κ2) is 2.63. The van der Waals surface area contributed by atoms with E-state index >= 15 is 0 Å². The Morgan fingerprint density at radius 3 is 1.30 bits per heavy atom. The molecule has 3 rings (SSSR count). The molecule has 0 unspecified atom stereocenters. The molecule has 0 atom stereocenters. The molecule has 3 aliphatic carbocycles. The standard InChI is InChI=1S/C8H10Br2/c9-7-5-1-2-6(4-3-5)8(7)10/h5-6H,1-4H2. The van der Waals surface area contributed by atoms with Crippen LogP contribution in [-0.2, 0) is 0 Å². The Bertz CT molecular complexity index is 156. The van der Waals surface area contributed by atoms with E-state index < -0.39 is 0 Å². The zero-order valence-corrected chi connectivity index (χ0v) is 8.91. The van der Waals surface area contributed by atoms with E-state index in [2.05, 4.69) is 31.9 Å². The molecule has 0 aliphatic heterocycles. The van der Waals surface area contributed by atoms with Crippen LogP contribution in [0.3, 0.4) is 0 Å². The van der Waals surface area contributed by atoms with Crippen LogP contribution < -0.4 is 0 Å². The first-order valence-corrected chi connectivity index (χ1v) is 5.42. The topological polar surface area (TPSA) is 0 Å². The van der Waals surface area contributed by atoms with Crippen LogP contribution in [0.2, 0.25) is 0 Å². The lowest BCUT2D eigenvalue weighted by Gasteiger charge is -2.35. The fraction of sp³-hybridized carbons (Fsp3) is 0.750. The van der Waals surface area contributed by atoms with E-state index in [0.717, 1.165) is 11.8 Å². The quantitative estimate of drug-likeness (QED) is 0.625. The lowest BCUT2D eigenvalue weighted by molar-refractivity contribution is 0.321. The van der Waals surface area contributed by atoms with E-state index in [-0.39, 0.29) is 0 Å². The van der Waals surface area contributed by atoms with Gasteiger partial charge in [0.15, 0.2) is 0 Å². The van der Waals surface area contributed by atoms with Gasteiger partial charge in [-0.05, 0) is 37.5 Å². The number of allylic oxidation sites excluding steroid dienone is 2. The average Bonchev–Trinajstić information content (AvgIpc) is 2.00. The van der Waals surface area contributed by atoms with Crippen LogP contribution in [0.5, 0.6) is 0 Å². The van der Waals surface area contributed by atoms with Crippen molar-refractivity contribution in [3.8, 4) is 0 Å². The molecule has 2 heteroatoms. The van der Waals surface area contributed by atoms with Crippen LogP contribution in [0.4, 0.5) is 0 Å². The first kappa shape index (κ1) is 7.35. The highest BCUT2D eigenvalue weighted by Gasteiger charge is 2.32. The summed E-state index contributed by atoms with van der Waals surface area (Å²) in [4.78, 5) is 0. The van der Waals surface area contributed by atoms with Crippen molar-refractivity contribution in [3.05, 3.63) is 8.96 Å². The molecule has 0 radical (unpaired) electrons. The van der Waals surface area contributed by atoms with Gasteiger partial charge in [-0.3, -0.25) is 0 Å². The van der Waals surface area contributed by atoms with Crippen molar-refractivity contribution in [3.63, 3.8) is 0 Å². The Kier molecular flexibility index (Phi) is 1.94. The summed E-state index contributed by atoms with van der Waals surface area (Å²) in [6.45, 7) is 0. The van der Waals surface area contributed by atoms with Gasteiger partial charge < -0.3 is 0 Å².